The summed E-state index contributed by atoms with van der Waals surface area (Å²) in [5.74, 6) is 0.714. The Kier molecular flexibility index (Phi) is 4.85. The maximum atomic E-state index is 6.15. The van der Waals surface area contributed by atoms with E-state index in [4.69, 9.17) is 11.6 Å². The van der Waals surface area contributed by atoms with Gasteiger partial charge in [-0.1, -0.05) is 17.7 Å². The molecule has 116 valence electrons. The van der Waals surface area contributed by atoms with Crippen molar-refractivity contribution < 1.29 is 0 Å². The van der Waals surface area contributed by atoms with Crippen molar-refractivity contribution in [3.05, 3.63) is 47.0 Å². The molecule has 0 aliphatic carbocycles. The first-order valence-electron chi connectivity index (χ1n) is 7.58. The monoisotopic (exact) mass is 317 g/mol. The van der Waals surface area contributed by atoms with Crippen molar-refractivity contribution in [1.82, 2.24) is 19.9 Å². The standard InChI is InChI=1S/C16H20ClN5/c1-12-6-8-19-16(20-12)21-14-5-3-9-22(11-14)10-13-4-2-7-18-15(13)17/h2,4,6-8,14H,3,5,9-11H2,1H3,(H,19,20,21). The Morgan fingerprint density at radius 1 is 1.32 bits per heavy atom. The third kappa shape index (κ3) is 3.93. The number of hydrogen-bond acceptors (Lipinski definition) is 5. The fourth-order valence-corrected chi connectivity index (χ4v) is 2.98. The zero-order valence-corrected chi connectivity index (χ0v) is 13.4. The van der Waals surface area contributed by atoms with E-state index in [9.17, 15) is 0 Å². The highest BCUT2D eigenvalue weighted by atomic mass is 35.5. The second kappa shape index (κ2) is 7.03. The average Bonchev–Trinajstić information content (AvgIpc) is 2.50. The van der Waals surface area contributed by atoms with Gasteiger partial charge in [0, 0.05) is 42.8 Å². The lowest BCUT2D eigenvalue weighted by atomic mass is 10.1. The van der Waals surface area contributed by atoms with E-state index in [0.717, 1.165) is 43.7 Å². The normalized spacial score (nSPS) is 19.1. The molecule has 2 aromatic heterocycles. The van der Waals surface area contributed by atoms with Gasteiger partial charge in [0.2, 0.25) is 5.95 Å². The molecule has 22 heavy (non-hydrogen) atoms. The van der Waals surface area contributed by atoms with Gasteiger partial charge in [-0.05, 0) is 38.4 Å². The van der Waals surface area contributed by atoms with Gasteiger partial charge in [-0.2, -0.15) is 0 Å². The van der Waals surface area contributed by atoms with Gasteiger partial charge in [-0.25, -0.2) is 15.0 Å². The summed E-state index contributed by atoms with van der Waals surface area (Å²) in [5, 5.41) is 4.04. The maximum Gasteiger partial charge on any atom is 0.223 e. The fourth-order valence-electron chi connectivity index (χ4n) is 2.80. The number of likely N-dealkylation sites (tertiary alicyclic amines) is 1. The lowest BCUT2D eigenvalue weighted by Crippen LogP contribution is -2.42. The summed E-state index contributed by atoms with van der Waals surface area (Å²) in [6, 6.07) is 6.24. The smallest absolute Gasteiger partial charge is 0.223 e. The van der Waals surface area contributed by atoms with E-state index in [1.807, 2.05) is 25.1 Å². The second-order valence-electron chi connectivity index (χ2n) is 5.69. The third-order valence-corrected chi connectivity index (χ3v) is 4.20. The van der Waals surface area contributed by atoms with Gasteiger partial charge in [-0.3, -0.25) is 4.90 Å². The minimum Gasteiger partial charge on any atom is -0.350 e. The number of nitrogens with zero attached hydrogens (tertiary/aromatic N) is 4. The highest BCUT2D eigenvalue weighted by Crippen LogP contribution is 2.19. The van der Waals surface area contributed by atoms with Crippen LogP contribution in [-0.4, -0.2) is 39.0 Å². The molecular weight excluding hydrogens is 298 g/mol. The van der Waals surface area contributed by atoms with Crippen LogP contribution in [0.1, 0.15) is 24.1 Å². The molecule has 6 heteroatoms. The van der Waals surface area contributed by atoms with Gasteiger partial charge in [0.1, 0.15) is 5.15 Å². The molecule has 1 saturated heterocycles. The van der Waals surface area contributed by atoms with Crippen molar-refractivity contribution in [2.75, 3.05) is 18.4 Å². The number of rotatable bonds is 4. The van der Waals surface area contributed by atoms with E-state index in [-0.39, 0.29) is 0 Å². The molecule has 1 aliphatic heterocycles. The molecule has 0 amide bonds. The van der Waals surface area contributed by atoms with E-state index < -0.39 is 0 Å². The van der Waals surface area contributed by atoms with Crippen LogP contribution >= 0.6 is 11.6 Å². The van der Waals surface area contributed by atoms with Crippen LogP contribution in [0, 0.1) is 6.92 Å². The zero-order chi connectivity index (χ0) is 15.4. The van der Waals surface area contributed by atoms with Crippen LogP contribution in [0.15, 0.2) is 30.6 Å². The molecule has 0 aromatic carbocycles. The van der Waals surface area contributed by atoms with Crippen molar-refractivity contribution in [2.24, 2.45) is 0 Å². The molecule has 1 aliphatic rings. The molecule has 1 unspecified atom stereocenters. The van der Waals surface area contributed by atoms with Crippen molar-refractivity contribution in [3.63, 3.8) is 0 Å². The Hall–Kier alpha value is -1.72. The van der Waals surface area contributed by atoms with Crippen molar-refractivity contribution >= 4 is 17.5 Å². The quantitative estimate of drug-likeness (QED) is 0.879. The molecule has 2 aromatic rings. The second-order valence-corrected chi connectivity index (χ2v) is 6.05. The van der Waals surface area contributed by atoms with Gasteiger partial charge >= 0.3 is 0 Å². The number of pyridine rings is 1. The highest BCUT2D eigenvalue weighted by Gasteiger charge is 2.21. The molecule has 5 nitrogen and oxygen atoms in total. The Bertz CT molecular complexity index is 633. The van der Waals surface area contributed by atoms with Gasteiger partial charge in [-0.15, -0.1) is 0 Å². The first-order valence-corrected chi connectivity index (χ1v) is 7.96. The molecule has 0 saturated carbocycles. The maximum absolute atomic E-state index is 6.15. The van der Waals surface area contributed by atoms with Crippen LogP contribution in [0.4, 0.5) is 5.95 Å². The molecule has 3 heterocycles. The van der Waals surface area contributed by atoms with E-state index in [1.165, 1.54) is 0 Å². The Morgan fingerprint density at radius 3 is 3.05 bits per heavy atom. The Morgan fingerprint density at radius 2 is 2.23 bits per heavy atom. The molecule has 3 rings (SSSR count). The summed E-state index contributed by atoms with van der Waals surface area (Å²) >= 11 is 6.15. The van der Waals surface area contributed by atoms with E-state index in [1.54, 1.807) is 12.4 Å². The van der Waals surface area contributed by atoms with Gasteiger partial charge < -0.3 is 5.32 Å². The molecule has 0 radical (unpaired) electrons. The van der Waals surface area contributed by atoms with Gasteiger partial charge in [0.05, 0.1) is 0 Å². The van der Waals surface area contributed by atoms with E-state index in [0.29, 0.717) is 17.1 Å². The topological polar surface area (TPSA) is 53.9 Å². The molecular formula is C16H20ClN5. The van der Waals surface area contributed by atoms with Gasteiger partial charge in [0.25, 0.3) is 0 Å². The summed E-state index contributed by atoms with van der Waals surface area (Å²) in [6.07, 6.45) is 5.80. The van der Waals surface area contributed by atoms with Crippen molar-refractivity contribution in [2.45, 2.75) is 32.4 Å². The number of hydrogen-bond donors (Lipinski definition) is 1. The molecule has 0 spiro atoms. The number of halogens is 1. The lowest BCUT2D eigenvalue weighted by molar-refractivity contribution is 0.208. The summed E-state index contributed by atoms with van der Waals surface area (Å²) in [4.78, 5) is 15.3. The lowest BCUT2D eigenvalue weighted by Gasteiger charge is -2.33. The number of nitrogens with one attached hydrogen (secondary N) is 1. The predicted molar refractivity (Wildman–Crippen MR) is 87.9 cm³/mol. The Balaban J connectivity index is 1.61. The summed E-state index contributed by atoms with van der Waals surface area (Å²) in [5.41, 5.74) is 2.06. The minimum absolute atomic E-state index is 0.367. The summed E-state index contributed by atoms with van der Waals surface area (Å²) < 4.78 is 0. The van der Waals surface area contributed by atoms with Crippen LogP contribution in [0.2, 0.25) is 5.15 Å². The third-order valence-electron chi connectivity index (χ3n) is 3.86. The van der Waals surface area contributed by atoms with Crippen LogP contribution in [0.5, 0.6) is 0 Å². The first-order chi connectivity index (χ1) is 10.7. The fraction of sp³-hybridized carbons (Fsp3) is 0.438. The molecule has 0 bridgehead atoms. The SMILES string of the molecule is Cc1ccnc(NC2CCCN(Cc3cccnc3Cl)C2)n1. The van der Waals surface area contributed by atoms with E-state index in [2.05, 4.69) is 25.2 Å². The zero-order valence-electron chi connectivity index (χ0n) is 12.7. The molecule has 1 fully saturated rings. The summed E-state index contributed by atoms with van der Waals surface area (Å²) in [6.45, 7) is 4.85. The number of piperidine rings is 1. The van der Waals surface area contributed by atoms with E-state index >= 15 is 0 Å². The number of aromatic nitrogens is 3. The van der Waals surface area contributed by atoms with Crippen LogP contribution in [-0.2, 0) is 6.54 Å². The predicted octanol–water partition coefficient (Wildman–Crippen LogP) is 2.91. The van der Waals surface area contributed by atoms with Gasteiger partial charge in [0.15, 0.2) is 0 Å². The van der Waals surface area contributed by atoms with Crippen LogP contribution < -0.4 is 5.32 Å². The molecule has 1 atom stereocenters. The Labute approximate surface area is 135 Å². The first kappa shape index (κ1) is 15.2. The van der Waals surface area contributed by atoms with Crippen LogP contribution in [0.25, 0.3) is 0 Å². The average molecular weight is 318 g/mol. The highest BCUT2D eigenvalue weighted by molar-refractivity contribution is 6.30. The summed E-state index contributed by atoms with van der Waals surface area (Å²) in [7, 11) is 0. The number of aryl methyl sites for hydroxylation is 1. The largest absolute Gasteiger partial charge is 0.350 e. The molecule has 1 N–H and O–H groups in total. The number of anilines is 1. The van der Waals surface area contributed by atoms with Crippen molar-refractivity contribution in [1.29, 1.82) is 0 Å². The van der Waals surface area contributed by atoms with Crippen LogP contribution in [0.3, 0.4) is 0 Å². The minimum atomic E-state index is 0.367. The van der Waals surface area contributed by atoms with Crippen molar-refractivity contribution in [3.8, 4) is 0 Å².